The second-order valence-electron chi connectivity index (χ2n) is 7.62. The van der Waals surface area contributed by atoms with E-state index in [0.717, 1.165) is 39.9 Å². The molecule has 0 atom stereocenters. The fourth-order valence-corrected chi connectivity index (χ4v) is 4.51. The molecule has 0 aliphatic heterocycles. The van der Waals surface area contributed by atoms with E-state index in [4.69, 9.17) is 9.47 Å². The Balaban J connectivity index is 0.00000204. The number of rotatable bonds is 9. The number of carbonyl (C=O) groups excluding carboxylic acids is 1. The van der Waals surface area contributed by atoms with E-state index in [-0.39, 0.29) is 100 Å². The maximum absolute atomic E-state index is 11.7. The third kappa shape index (κ3) is 7.53. The van der Waals surface area contributed by atoms with Gasteiger partial charge in [0.25, 0.3) is 0 Å². The minimum absolute atomic E-state index is 0. The van der Waals surface area contributed by atoms with Crippen LogP contribution < -0.4 is 88.7 Å². The first-order valence-electron chi connectivity index (χ1n) is 10.2. The minimum atomic E-state index is -4.62. The van der Waals surface area contributed by atoms with E-state index in [1.807, 2.05) is 24.3 Å². The third-order valence-corrected chi connectivity index (χ3v) is 6.22. The summed E-state index contributed by atoms with van der Waals surface area (Å²) in [5, 5.41) is 4.60. The first-order chi connectivity index (χ1) is 15.3. The topological polar surface area (TPSA) is 92.7 Å². The third-order valence-electron chi connectivity index (χ3n) is 5.35. The van der Waals surface area contributed by atoms with Crippen molar-refractivity contribution in [2.24, 2.45) is 0 Å². The van der Waals surface area contributed by atoms with Gasteiger partial charge in [0.1, 0.15) is 6.61 Å². The van der Waals surface area contributed by atoms with Crippen molar-refractivity contribution in [3.8, 4) is 0 Å². The van der Waals surface area contributed by atoms with Crippen molar-refractivity contribution in [2.75, 3.05) is 19.8 Å². The number of ether oxygens (including phenoxy) is 2. The van der Waals surface area contributed by atoms with E-state index in [2.05, 4.69) is 18.7 Å². The van der Waals surface area contributed by atoms with E-state index in [0.29, 0.717) is 29.6 Å². The molecule has 35 heavy (non-hydrogen) atoms. The quantitative estimate of drug-likeness (QED) is 0.0420. The maximum Gasteiger partial charge on any atom is 1.00 e. The smallest absolute Gasteiger partial charge is 0.752 e. The monoisotopic (exact) mass is 518 g/mol. The Morgan fingerprint density at radius 2 is 1.54 bits per heavy atom. The molecule has 0 saturated carbocycles. The summed E-state index contributed by atoms with van der Waals surface area (Å²) in [7, 11) is -4.62. The van der Waals surface area contributed by atoms with Gasteiger partial charge in [-0.05, 0) is 18.2 Å². The zero-order valence-electron chi connectivity index (χ0n) is 20.6. The van der Waals surface area contributed by atoms with Gasteiger partial charge in [-0.1, -0.05) is 30.5 Å². The van der Waals surface area contributed by atoms with Crippen molar-refractivity contribution < 1.29 is 116 Å². The maximum atomic E-state index is 11.7. The molecule has 0 heterocycles. The van der Waals surface area contributed by atoms with Gasteiger partial charge in [-0.15, -0.1) is 46.0 Å². The van der Waals surface area contributed by atoms with Gasteiger partial charge >= 0.3 is 94.6 Å². The molecular formula is C25H21Na3O6S. The first kappa shape index (κ1) is 33.0. The summed E-state index contributed by atoms with van der Waals surface area (Å²) >= 11 is 0. The second kappa shape index (κ2) is 14.2. The first-order valence-corrected chi connectivity index (χ1v) is 11.6. The number of hydrogen-bond donors (Lipinski definition) is 0. The van der Waals surface area contributed by atoms with Crippen LogP contribution in [0.15, 0.2) is 53.4 Å². The molecule has 0 unspecified atom stereocenters. The molecule has 0 aliphatic rings. The fraction of sp³-hybridized carbons (Fsp3) is 0.240. The Hall–Kier alpha value is 0.00000000000000133. The van der Waals surface area contributed by atoms with E-state index in [1.165, 1.54) is 6.07 Å². The molecule has 166 valence electrons. The Morgan fingerprint density at radius 3 is 2.17 bits per heavy atom. The summed E-state index contributed by atoms with van der Waals surface area (Å²) in [5.41, 5.74) is 1.41. The number of hydrogen-bond acceptors (Lipinski definition) is 6. The molecule has 0 aliphatic carbocycles. The molecule has 0 aromatic heterocycles. The zero-order chi connectivity index (χ0) is 22.9. The van der Waals surface area contributed by atoms with Crippen molar-refractivity contribution in [3.63, 3.8) is 0 Å². The van der Waals surface area contributed by atoms with Gasteiger partial charge in [0.15, 0.2) is 0 Å². The van der Waals surface area contributed by atoms with Gasteiger partial charge in [0, 0.05) is 12.2 Å². The predicted octanol–water partition coefficient (Wildman–Crippen LogP) is -4.83. The van der Waals surface area contributed by atoms with Crippen LogP contribution in [0, 0.1) is 12.1 Å². The Labute approximate surface area is 271 Å². The van der Waals surface area contributed by atoms with Crippen LogP contribution in [0.3, 0.4) is 0 Å². The van der Waals surface area contributed by atoms with Crippen LogP contribution >= 0.6 is 0 Å². The summed E-state index contributed by atoms with van der Waals surface area (Å²) in [6.45, 7) is 6.11. The van der Waals surface area contributed by atoms with E-state index in [1.54, 1.807) is 13.0 Å². The molecular weight excluding hydrogens is 497 g/mol. The molecule has 0 saturated heterocycles. The molecule has 0 amide bonds. The Bertz CT molecular complexity index is 1440. The van der Waals surface area contributed by atoms with E-state index < -0.39 is 16.1 Å². The summed E-state index contributed by atoms with van der Waals surface area (Å²) < 4.78 is 45.7. The second-order valence-corrected chi connectivity index (χ2v) is 8.97. The van der Waals surface area contributed by atoms with Crippen LogP contribution in [-0.2, 0) is 30.8 Å². The molecule has 4 aromatic rings. The molecule has 4 rings (SSSR count). The molecule has 0 N–H and O–H groups in total. The van der Waals surface area contributed by atoms with Gasteiger partial charge in [0.2, 0.25) is 0 Å². The van der Waals surface area contributed by atoms with Gasteiger partial charge in [-0.3, -0.25) is 0 Å². The number of carbonyl (C=O) groups is 1. The fourth-order valence-electron chi connectivity index (χ4n) is 3.87. The summed E-state index contributed by atoms with van der Waals surface area (Å²) in [4.78, 5) is 11.1. The molecule has 0 radical (unpaired) electrons. The molecule has 10 heteroatoms. The molecule has 0 fully saturated rings. The summed E-state index contributed by atoms with van der Waals surface area (Å²) in [6, 6.07) is 16.7. The number of aryl methyl sites for hydroxylation is 1. The summed E-state index contributed by atoms with van der Waals surface area (Å²) in [6.07, 6.45) is 1.48. The minimum Gasteiger partial charge on any atom is -0.752 e. The molecule has 0 bridgehead atoms. The van der Waals surface area contributed by atoms with Crippen LogP contribution in [0.2, 0.25) is 0 Å². The van der Waals surface area contributed by atoms with Crippen molar-refractivity contribution in [3.05, 3.63) is 66.2 Å². The number of benzene rings is 4. The molecule has 6 nitrogen and oxygen atoms in total. The van der Waals surface area contributed by atoms with Gasteiger partial charge < -0.3 is 14.0 Å². The van der Waals surface area contributed by atoms with E-state index in [9.17, 15) is 17.8 Å². The predicted molar refractivity (Wildman–Crippen MR) is 121 cm³/mol. The molecule has 4 aromatic carbocycles. The van der Waals surface area contributed by atoms with Crippen molar-refractivity contribution in [2.45, 2.75) is 24.7 Å². The van der Waals surface area contributed by atoms with Crippen LogP contribution in [-0.4, -0.2) is 38.8 Å². The van der Waals surface area contributed by atoms with Crippen molar-refractivity contribution in [1.29, 1.82) is 0 Å². The van der Waals surface area contributed by atoms with Crippen molar-refractivity contribution in [1.82, 2.24) is 0 Å². The normalized spacial score (nSPS) is 11.0. The van der Waals surface area contributed by atoms with Gasteiger partial charge in [-0.2, -0.15) is 22.9 Å². The van der Waals surface area contributed by atoms with Crippen LogP contribution in [0.25, 0.3) is 32.3 Å². The van der Waals surface area contributed by atoms with Crippen LogP contribution in [0.5, 0.6) is 0 Å². The summed E-state index contributed by atoms with van der Waals surface area (Å²) in [5.74, 6) is -0.428. The molecule has 0 spiro atoms. The van der Waals surface area contributed by atoms with Crippen LogP contribution in [0.1, 0.15) is 18.9 Å². The van der Waals surface area contributed by atoms with Crippen LogP contribution in [0.4, 0.5) is 0 Å². The van der Waals surface area contributed by atoms with Crippen molar-refractivity contribution >= 4 is 48.4 Å². The van der Waals surface area contributed by atoms with Gasteiger partial charge in [-0.25, -0.2) is 13.2 Å². The average molecular weight is 518 g/mol. The number of esters is 1. The average Bonchev–Trinajstić information content (AvgIpc) is 2.76. The standard InChI is InChI=1S/C25H22O6S.3Na/c1-16(2)25(26)31-15-14-30-13-3-4-17-5-6-18-7-8-19-9-12-22(32(27,28)29)21-11-10-20(17)23(18)24(19)21;;;/h5,7-8,10-12H,1,3-4,13-15H2,2H3,(H,27,28,29);;;/q-2;3*+1/p-1. The van der Waals surface area contributed by atoms with E-state index >= 15 is 0 Å². The Morgan fingerprint density at radius 1 is 0.943 bits per heavy atom. The van der Waals surface area contributed by atoms with Gasteiger partial charge in [0.05, 0.1) is 16.7 Å². The SMILES string of the molecule is C=C(C)C(=O)OCCOCCCc1c[c-]c2ccc3[c-]cc(S(=O)(=O)[O-])c4ccc1c2c34.[Na+].[Na+].[Na+]. The Kier molecular flexibility index (Phi) is 13.4. The zero-order valence-corrected chi connectivity index (χ0v) is 27.4. The largest absolute Gasteiger partial charge is 1.00 e.